The molecule has 25 heavy (non-hydrogen) atoms. The van der Waals surface area contributed by atoms with E-state index in [1.165, 1.54) is 13.2 Å². The average molecular weight is 358 g/mol. The minimum atomic E-state index is -4.98. The fourth-order valence-electron chi connectivity index (χ4n) is 2.69. The Balaban J connectivity index is 2.04. The van der Waals surface area contributed by atoms with Crippen LogP contribution >= 0.6 is 0 Å². The molecule has 1 atom stereocenters. The molecule has 2 aromatic rings. The standard InChI is InChI=1S/C16H14F4N2O3/c1-23-13-5-4-12-14(22-13)15(21,6-7-24-12)9-2-3-11(10(17)8-9)25-16(18,19)20/h2-5,8H,6-7,21H2,1H3/t15-/m0/s1. The maximum atomic E-state index is 14.1. The summed E-state index contributed by atoms with van der Waals surface area (Å²) in [6.45, 7) is 0.250. The lowest BCUT2D eigenvalue weighted by Crippen LogP contribution is -2.43. The summed E-state index contributed by atoms with van der Waals surface area (Å²) in [6.07, 6.45) is -4.72. The summed E-state index contributed by atoms with van der Waals surface area (Å²) in [5.41, 5.74) is 5.77. The molecule has 0 saturated carbocycles. The zero-order valence-electron chi connectivity index (χ0n) is 13.1. The second-order valence-corrected chi connectivity index (χ2v) is 5.46. The molecule has 3 rings (SSSR count). The van der Waals surface area contributed by atoms with E-state index in [1.54, 1.807) is 12.1 Å². The third kappa shape index (κ3) is 3.32. The zero-order valence-corrected chi connectivity index (χ0v) is 13.1. The van der Waals surface area contributed by atoms with E-state index < -0.39 is 23.5 Å². The quantitative estimate of drug-likeness (QED) is 0.854. The molecule has 2 heterocycles. The van der Waals surface area contributed by atoms with E-state index in [-0.39, 0.29) is 24.5 Å². The van der Waals surface area contributed by atoms with E-state index in [9.17, 15) is 17.6 Å². The van der Waals surface area contributed by atoms with Crippen molar-refractivity contribution in [1.82, 2.24) is 4.98 Å². The summed E-state index contributed by atoms with van der Waals surface area (Å²) in [5, 5.41) is 0. The Kier molecular flexibility index (Phi) is 4.19. The van der Waals surface area contributed by atoms with Gasteiger partial charge in [0.1, 0.15) is 11.4 Å². The fourth-order valence-corrected chi connectivity index (χ4v) is 2.69. The van der Waals surface area contributed by atoms with Gasteiger partial charge in [0.25, 0.3) is 0 Å². The number of ether oxygens (including phenoxy) is 3. The highest BCUT2D eigenvalue weighted by Gasteiger charge is 2.39. The number of nitrogens with two attached hydrogens (primary N) is 1. The first-order chi connectivity index (χ1) is 11.7. The van der Waals surface area contributed by atoms with Crippen molar-refractivity contribution >= 4 is 0 Å². The van der Waals surface area contributed by atoms with E-state index in [4.69, 9.17) is 15.2 Å². The molecule has 2 N–H and O–H groups in total. The third-order valence-electron chi connectivity index (χ3n) is 3.89. The Bertz CT molecular complexity index is 797. The Morgan fingerprint density at radius 3 is 2.64 bits per heavy atom. The van der Waals surface area contributed by atoms with Gasteiger partial charge in [0.15, 0.2) is 11.6 Å². The van der Waals surface area contributed by atoms with Crippen LogP contribution in [0, 0.1) is 5.82 Å². The first kappa shape index (κ1) is 17.3. The van der Waals surface area contributed by atoms with E-state index >= 15 is 0 Å². The van der Waals surface area contributed by atoms with Gasteiger partial charge in [-0.05, 0) is 23.8 Å². The number of halogens is 4. The summed E-state index contributed by atoms with van der Waals surface area (Å²) in [6, 6.07) is 6.30. The van der Waals surface area contributed by atoms with Gasteiger partial charge in [-0.3, -0.25) is 0 Å². The van der Waals surface area contributed by atoms with Crippen molar-refractivity contribution in [3.8, 4) is 17.4 Å². The van der Waals surface area contributed by atoms with Crippen LogP contribution in [-0.4, -0.2) is 25.1 Å². The van der Waals surface area contributed by atoms with Gasteiger partial charge in [-0.1, -0.05) is 6.07 Å². The molecule has 0 saturated heterocycles. The van der Waals surface area contributed by atoms with Crippen LogP contribution in [0.1, 0.15) is 17.7 Å². The van der Waals surface area contributed by atoms with Gasteiger partial charge < -0.3 is 19.9 Å². The van der Waals surface area contributed by atoms with Crippen molar-refractivity contribution in [1.29, 1.82) is 0 Å². The largest absolute Gasteiger partial charge is 0.573 e. The van der Waals surface area contributed by atoms with Crippen LogP contribution in [0.2, 0.25) is 0 Å². The van der Waals surface area contributed by atoms with Crippen LogP contribution in [0.3, 0.4) is 0 Å². The van der Waals surface area contributed by atoms with Crippen molar-refractivity contribution in [2.45, 2.75) is 18.3 Å². The molecular weight excluding hydrogens is 344 g/mol. The lowest BCUT2D eigenvalue weighted by Gasteiger charge is -2.35. The smallest absolute Gasteiger partial charge is 0.491 e. The van der Waals surface area contributed by atoms with Gasteiger partial charge in [0.2, 0.25) is 5.88 Å². The molecule has 134 valence electrons. The van der Waals surface area contributed by atoms with Gasteiger partial charge in [0.05, 0.1) is 19.3 Å². The van der Waals surface area contributed by atoms with Gasteiger partial charge in [-0.15, -0.1) is 13.2 Å². The number of hydrogen-bond acceptors (Lipinski definition) is 5. The first-order valence-electron chi connectivity index (χ1n) is 7.26. The fraction of sp³-hybridized carbons (Fsp3) is 0.312. The normalized spacial score (nSPS) is 19.8. The molecule has 0 spiro atoms. The number of nitrogens with zero attached hydrogens (tertiary/aromatic N) is 1. The maximum absolute atomic E-state index is 14.1. The molecule has 0 fully saturated rings. The van der Waals surface area contributed by atoms with Crippen LogP contribution < -0.4 is 19.9 Å². The van der Waals surface area contributed by atoms with Gasteiger partial charge in [0, 0.05) is 12.5 Å². The SMILES string of the molecule is COc1ccc2c(n1)[C@@](N)(c1ccc(OC(F)(F)F)c(F)c1)CCO2. The number of hydrogen-bond donors (Lipinski definition) is 1. The summed E-state index contributed by atoms with van der Waals surface area (Å²) in [5.74, 6) is -1.40. The molecule has 9 heteroatoms. The summed E-state index contributed by atoms with van der Waals surface area (Å²) >= 11 is 0. The van der Waals surface area contributed by atoms with Crippen LogP contribution in [0.15, 0.2) is 30.3 Å². The number of pyridine rings is 1. The highest BCUT2D eigenvalue weighted by molar-refractivity contribution is 5.46. The number of aromatic nitrogens is 1. The highest BCUT2D eigenvalue weighted by Crippen LogP contribution is 2.40. The second kappa shape index (κ2) is 6.07. The van der Waals surface area contributed by atoms with E-state index in [0.717, 1.165) is 12.1 Å². The van der Waals surface area contributed by atoms with E-state index in [0.29, 0.717) is 11.4 Å². The van der Waals surface area contributed by atoms with E-state index in [2.05, 4.69) is 9.72 Å². The number of methoxy groups -OCH3 is 1. The number of alkyl halides is 3. The number of fused-ring (bicyclic) bond motifs is 1. The molecule has 5 nitrogen and oxygen atoms in total. The Hall–Kier alpha value is -2.55. The lowest BCUT2D eigenvalue weighted by molar-refractivity contribution is -0.275. The topological polar surface area (TPSA) is 66.6 Å². The van der Waals surface area contributed by atoms with Crippen LogP contribution in [-0.2, 0) is 5.54 Å². The Labute approximate surface area is 140 Å². The predicted octanol–water partition coefficient (Wildman–Crippen LogP) is 3.11. The van der Waals surface area contributed by atoms with Gasteiger partial charge in [-0.25, -0.2) is 9.37 Å². The molecule has 0 bridgehead atoms. The molecule has 1 aromatic heterocycles. The number of benzene rings is 1. The zero-order chi connectivity index (χ0) is 18.2. The summed E-state index contributed by atoms with van der Waals surface area (Å²) < 4.78 is 65.1. The lowest BCUT2D eigenvalue weighted by atomic mass is 9.82. The third-order valence-corrected chi connectivity index (χ3v) is 3.89. The highest BCUT2D eigenvalue weighted by atomic mass is 19.4. The molecule has 0 amide bonds. The summed E-state index contributed by atoms with van der Waals surface area (Å²) in [4.78, 5) is 4.27. The molecule has 1 aliphatic heterocycles. The molecule has 0 unspecified atom stereocenters. The van der Waals surface area contributed by atoms with Crippen molar-refractivity contribution in [2.24, 2.45) is 5.73 Å². The average Bonchev–Trinajstić information content (AvgIpc) is 2.55. The molecular formula is C16H14F4N2O3. The predicted molar refractivity (Wildman–Crippen MR) is 79.0 cm³/mol. The van der Waals surface area contributed by atoms with Crippen molar-refractivity contribution < 1.29 is 31.8 Å². The van der Waals surface area contributed by atoms with Crippen molar-refractivity contribution in [2.75, 3.05) is 13.7 Å². The van der Waals surface area contributed by atoms with Crippen LogP contribution in [0.4, 0.5) is 17.6 Å². The maximum Gasteiger partial charge on any atom is 0.573 e. The first-order valence-corrected chi connectivity index (χ1v) is 7.26. The number of rotatable bonds is 3. The minimum Gasteiger partial charge on any atom is -0.491 e. The van der Waals surface area contributed by atoms with Gasteiger partial charge in [-0.2, -0.15) is 0 Å². The molecule has 1 aliphatic rings. The molecule has 0 aliphatic carbocycles. The second-order valence-electron chi connectivity index (χ2n) is 5.46. The van der Waals surface area contributed by atoms with Crippen LogP contribution in [0.5, 0.6) is 17.4 Å². The molecule has 0 radical (unpaired) electrons. The molecule has 1 aromatic carbocycles. The van der Waals surface area contributed by atoms with Crippen LogP contribution in [0.25, 0.3) is 0 Å². The van der Waals surface area contributed by atoms with Crippen molar-refractivity contribution in [3.05, 3.63) is 47.4 Å². The van der Waals surface area contributed by atoms with E-state index in [1.807, 2.05) is 0 Å². The Morgan fingerprint density at radius 1 is 1.24 bits per heavy atom. The van der Waals surface area contributed by atoms with Gasteiger partial charge >= 0.3 is 6.36 Å². The summed E-state index contributed by atoms with van der Waals surface area (Å²) in [7, 11) is 1.43. The monoisotopic (exact) mass is 358 g/mol. The Morgan fingerprint density at radius 2 is 2.00 bits per heavy atom. The van der Waals surface area contributed by atoms with Crippen molar-refractivity contribution in [3.63, 3.8) is 0 Å². The minimum absolute atomic E-state index is 0.250.